The molecule has 17 heavy (non-hydrogen) atoms. The lowest BCUT2D eigenvalue weighted by Crippen LogP contribution is -2.24. The van der Waals surface area contributed by atoms with Crippen molar-refractivity contribution in [3.05, 3.63) is 30.0 Å². The zero-order chi connectivity index (χ0) is 11.7. The van der Waals surface area contributed by atoms with E-state index in [9.17, 15) is 0 Å². The molecule has 0 aromatic carbocycles. The summed E-state index contributed by atoms with van der Waals surface area (Å²) in [7, 11) is 1.77. The van der Waals surface area contributed by atoms with Crippen LogP contribution in [-0.2, 0) is 4.74 Å². The van der Waals surface area contributed by atoms with Crippen molar-refractivity contribution in [2.75, 3.05) is 20.2 Å². The van der Waals surface area contributed by atoms with E-state index in [0.717, 1.165) is 13.1 Å². The third-order valence-corrected chi connectivity index (χ3v) is 4.12. The first kappa shape index (κ1) is 11.0. The third kappa shape index (κ3) is 1.90. The van der Waals surface area contributed by atoms with Crippen LogP contribution in [-0.4, -0.2) is 35.9 Å². The Morgan fingerprint density at radius 2 is 2.47 bits per heavy atom. The molecule has 0 bridgehead atoms. The summed E-state index contributed by atoms with van der Waals surface area (Å²) in [5.41, 5.74) is 1.18. The lowest BCUT2D eigenvalue weighted by molar-refractivity contribution is 0.0870. The van der Waals surface area contributed by atoms with Crippen LogP contribution in [0.2, 0.25) is 0 Å². The lowest BCUT2D eigenvalue weighted by atomic mass is 10.2. The molecule has 90 valence electrons. The summed E-state index contributed by atoms with van der Waals surface area (Å²) in [6.07, 6.45) is 4.05. The van der Waals surface area contributed by atoms with Gasteiger partial charge in [-0.25, -0.2) is 4.98 Å². The number of aromatic nitrogens is 2. The average Bonchev–Trinajstić information content (AvgIpc) is 3.09. The Kier molecular flexibility index (Phi) is 2.96. The van der Waals surface area contributed by atoms with E-state index in [0.29, 0.717) is 6.04 Å². The third-order valence-electron chi connectivity index (χ3n) is 3.23. The van der Waals surface area contributed by atoms with Crippen LogP contribution in [0, 0.1) is 0 Å². The minimum Gasteiger partial charge on any atom is -0.378 e. The van der Waals surface area contributed by atoms with Crippen LogP contribution in [0.1, 0.15) is 6.04 Å². The number of imidazole rings is 1. The molecule has 3 rings (SSSR count). The first-order chi connectivity index (χ1) is 8.40. The van der Waals surface area contributed by atoms with Crippen LogP contribution < -0.4 is 5.32 Å². The zero-order valence-corrected chi connectivity index (χ0v) is 10.5. The Morgan fingerprint density at radius 3 is 3.24 bits per heavy atom. The van der Waals surface area contributed by atoms with Gasteiger partial charge in [0, 0.05) is 20.2 Å². The predicted octanol–water partition coefficient (Wildman–Crippen LogP) is 1.77. The van der Waals surface area contributed by atoms with Crippen molar-refractivity contribution in [3.63, 3.8) is 0 Å². The first-order valence-corrected chi connectivity index (χ1v) is 6.57. The second kappa shape index (κ2) is 4.60. The molecule has 5 heteroatoms. The molecule has 0 spiro atoms. The summed E-state index contributed by atoms with van der Waals surface area (Å²) < 4.78 is 7.73. The minimum atomic E-state index is 0.225. The molecule has 1 N–H and O–H groups in total. The number of hydrogen-bond acceptors (Lipinski definition) is 4. The Labute approximate surface area is 104 Å². The van der Waals surface area contributed by atoms with Gasteiger partial charge in [0.2, 0.25) is 0 Å². The SMILES string of the molecule is CO[C@H]1CNCC1n1cncc1-c1cccs1. The summed E-state index contributed by atoms with van der Waals surface area (Å²) in [4.78, 5) is 5.53. The van der Waals surface area contributed by atoms with E-state index in [1.807, 2.05) is 12.5 Å². The van der Waals surface area contributed by atoms with Gasteiger partial charge in [0.25, 0.3) is 0 Å². The maximum atomic E-state index is 5.51. The highest BCUT2D eigenvalue weighted by Crippen LogP contribution is 2.29. The fourth-order valence-electron chi connectivity index (χ4n) is 2.34. The number of nitrogens with one attached hydrogen (secondary N) is 1. The summed E-state index contributed by atoms with van der Waals surface area (Å²) in [6.45, 7) is 1.84. The van der Waals surface area contributed by atoms with Crippen molar-refractivity contribution in [2.45, 2.75) is 12.1 Å². The summed E-state index contributed by atoms with van der Waals surface area (Å²) in [5.74, 6) is 0. The lowest BCUT2D eigenvalue weighted by Gasteiger charge is -2.20. The number of methoxy groups -OCH3 is 1. The topological polar surface area (TPSA) is 39.1 Å². The molecule has 2 atom stereocenters. The van der Waals surface area contributed by atoms with E-state index in [4.69, 9.17) is 4.74 Å². The Balaban J connectivity index is 1.96. The fourth-order valence-corrected chi connectivity index (χ4v) is 3.08. The Bertz CT molecular complexity index is 480. The van der Waals surface area contributed by atoms with Crippen molar-refractivity contribution in [2.24, 2.45) is 0 Å². The largest absolute Gasteiger partial charge is 0.378 e. The molecule has 0 amide bonds. The number of rotatable bonds is 3. The van der Waals surface area contributed by atoms with Crippen molar-refractivity contribution >= 4 is 11.3 Å². The van der Waals surface area contributed by atoms with E-state index >= 15 is 0 Å². The van der Waals surface area contributed by atoms with Gasteiger partial charge in [0.15, 0.2) is 0 Å². The molecule has 1 saturated heterocycles. The van der Waals surface area contributed by atoms with Gasteiger partial charge in [-0.15, -0.1) is 11.3 Å². The first-order valence-electron chi connectivity index (χ1n) is 5.69. The van der Waals surface area contributed by atoms with Crippen LogP contribution in [0.25, 0.3) is 10.6 Å². The van der Waals surface area contributed by atoms with Gasteiger partial charge in [-0.05, 0) is 11.4 Å². The highest BCUT2D eigenvalue weighted by atomic mass is 32.1. The second-order valence-electron chi connectivity index (χ2n) is 4.16. The molecule has 2 aromatic rings. The van der Waals surface area contributed by atoms with E-state index in [1.54, 1.807) is 18.4 Å². The summed E-state index contributed by atoms with van der Waals surface area (Å²) >= 11 is 1.74. The van der Waals surface area contributed by atoms with Crippen LogP contribution in [0.3, 0.4) is 0 Å². The van der Waals surface area contributed by atoms with Crippen molar-refractivity contribution in [1.29, 1.82) is 0 Å². The maximum absolute atomic E-state index is 5.51. The summed E-state index contributed by atoms with van der Waals surface area (Å²) in [5, 5.41) is 5.45. The van der Waals surface area contributed by atoms with Gasteiger partial charge >= 0.3 is 0 Å². The molecule has 4 nitrogen and oxygen atoms in total. The predicted molar refractivity (Wildman–Crippen MR) is 68.2 cm³/mol. The van der Waals surface area contributed by atoms with Crippen LogP contribution in [0.5, 0.6) is 0 Å². The molecule has 0 saturated carbocycles. The molecule has 0 aliphatic carbocycles. The standard InChI is InChI=1S/C12H15N3OS/c1-16-11-7-13-5-9(11)15-8-14-6-10(15)12-3-2-4-17-12/h2-4,6,8-9,11,13H,5,7H2,1H3/t9?,11-/m0/s1. The Morgan fingerprint density at radius 1 is 1.53 bits per heavy atom. The Hall–Kier alpha value is -1.17. The van der Waals surface area contributed by atoms with Crippen molar-refractivity contribution in [1.82, 2.24) is 14.9 Å². The van der Waals surface area contributed by atoms with Crippen LogP contribution >= 0.6 is 11.3 Å². The van der Waals surface area contributed by atoms with Gasteiger partial charge in [-0.2, -0.15) is 0 Å². The fraction of sp³-hybridized carbons (Fsp3) is 0.417. The molecule has 3 heterocycles. The smallest absolute Gasteiger partial charge is 0.0955 e. The molecule has 0 radical (unpaired) electrons. The van der Waals surface area contributed by atoms with E-state index in [-0.39, 0.29) is 6.10 Å². The number of hydrogen-bond donors (Lipinski definition) is 1. The number of ether oxygens (including phenoxy) is 1. The van der Waals surface area contributed by atoms with Crippen LogP contribution in [0.4, 0.5) is 0 Å². The van der Waals surface area contributed by atoms with E-state index in [2.05, 4.69) is 32.4 Å². The van der Waals surface area contributed by atoms with Crippen molar-refractivity contribution in [3.8, 4) is 10.6 Å². The minimum absolute atomic E-state index is 0.225. The molecule has 2 aromatic heterocycles. The summed E-state index contributed by atoms with van der Waals surface area (Å²) in [6, 6.07) is 4.53. The molecular formula is C12H15N3OS. The number of thiophene rings is 1. The average molecular weight is 249 g/mol. The van der Waals surface area contributed by atoms with Gasteiger partial charge in [0.1, 0.15) is 0 Å². The maximum Gasteiger partial charge on any atom is 0.0955 e. The van der Waals surface area contributed by atoms with E-state index in [1.165, 1.54) is 10.6 Å². The highest BCUT2D eigenvalue weighted by molar-refractivity contribution is 7.13. The quantitative estimate of drug-likeness (QED) is 0.901. The van der Waals surface area contributed by atoms with Crippen LogP contribution in [0.15, 0.2) is 30.0 Å². The van der Waals surface area contributed by atoms with Gasteiger partial charge in [-0.3, -0.25) is 0 Å². The van der Waals surface area contributed by atoms with Gasteiger partial charge in [0.05, 0.1) is 35.2 Å². The zero-order valence-electron chi connectivity index (χ0n) is 9.67. The number of nitrogens with zero attached hydrogens (tertiary/aromatic N) is 2. The van der Waals surface area contributed by atoms with E-state index < -0.39 is 0 Å². The van der Waals surface area contributed by atoms with Gasteiger partial charge < -0.3 is 14.6 Å². The molecule has 1 fully saturated rings. The molecule has 1 unspecified atom stereocenters. The highest BCUT2D eigenvalue weighted by Gasteiger charge is 2.29. The molecule has 1 aliphatic rings. The van der Waals surface area contributed by atoms with Gasteiger partial charge in [-0.1, -0.05) is 6.07 Å². The molecular weight excluding hydrogens is 234 g/mol. The normalized spacial score (nSPS) is 24.3. The second-order valence-corrected chi connectivity index (χ2v) is 5.11. The van der Waals surface area contributed by atoms with Crippen molar-refractivity contribution < 1.29 is 4.74 Å². The monoisotopic (exact) mass is 249 g/mol. The molecule has 1 aliphatic heterocycles.